The predicted octanol–water partition coefficient (Wildman–Crippen LogP) is 3.82. The lowest BCUT2D eigenvalue weighted by Gasteiger charge is -2.08. The second-order valence-corrected chi connectivity index (χ2v) is 6.78. The summed E-state index contributed by atoms with van der Waals surface area (Å²) in [5, 5.41) is 38.4. The first-order valence-electron chi connectivity index (χ1n) is 7.30. The van der Waals surface area contributed by atoms with Crippen LogP contribution in [-0.2, 0) is 10.1 Å². The molecule has 3 rings (SSSR count). The van der Waals surface area contributed by atoms with Crippen LogP contribution in [0.1, 0.15) is 0 Å². The Hall–Kier alpha value is -3.57. The number of benzene rings is 3. The van der Waals surface area contributed by atoms with Crippen molar-refractivity contribution >= 4 is 38.0 Å². The lowest BCUT2D eigenvalue weighted by molar-refractivity contribution is -0.384. The minimum atomic E-state index is -4.61. The van der Waals surface area contributed by atoms with Crippen LogP contribution in [0.4, 0.5) is 17.1 Å². The Kier molecular flexibility index (Phi) is 4.47. The summed E-state index contributed by atoms with van der Waals surface area (Å²) in [7, 11) is -4.61. The van der Waals surface area contributed by atoms with E-state index in [9.17, 15) is 33.3 Å². The molecule has 3 N–H and O–H groups in total. The van der Waals surface area contributed by atoms with Gasteiger partial charge in [-0.1, -0.05) is 24.3 Å². The van der Waals surface area contributed by atoms with Gasteiger partial charge < -0.3 is 10.2 Å². The molecule has 0 aliphatic heterocycles. The summed E-state index contributed by atoms with van der Waals surface area (Å²) < 4.78 is 32.7. The fourth-order valence-electron chi connectivity index (χ4n) is 2.42. The van der Waals surface area contributed by atoms with Crippen molar-refractivity contribution in [3.8, 4) is 11.5 Å². The largest absolute Gasteiger partial charge is 0.505 e. The molecule has 0 spiro atoms. The lowest BCUT2D eigenvalue weighted by atomic mass is 10.1. The number of rotatable bonds is 4. The van der Waals surface area contributed by atoms with E-state index >= 15 is 0 Å². The van der Waals surface area contributed by atoms with E-state index in [2.05, 4.69) is 10.2 Å². The third kappa shape index (κ3) is 3.54. The second-order valence-electron chi connectivity index (χ2n) is 5.39. The first-order valence-corrected chi connectivity index (χ1v) is 8.74. The molecule has 0 saturated carbocycles. The minimum Gasteiger partial charge on any atom is -0.505 e. The van der Waals surface area contributed by atoms with E-state index in [1.807, 2.05) is 0 Å². The summed E-state index contributed by atoms with van der Waals surface area (Å²) in [6.45, 7) is 0. The molecule has 0 amide bonds. The molecule has 0 aliphatic rings. The van der Waals surface area contributed by atoms with Crippen molar-refractivity contribution in [1.82, 2.24) is 0 Å². The zero-order valence-corrected chi connectivity index (χ0v) is 14.2. The van der Waals surface area contributed by atoms with Crippen molar-refractivity contribution in [3.05, 3.63) is 58.6 Å². The number of phenols is 2. The van der Waals surface area contributed by atoms with Crippen LogP contribution in [0, 0.1) is 10.1 Å². The van der Waals surface area contributed by atoms with Crippen molar-refractivity contribution in [1.29, 1.82) is 0 Å². The van der Waals surface area contributed by atoms with Crippen molar-refractivity contribution in [3.63, 3.8) is 0 Å². The molecule has 0 unspecified atom stereocenters. The predicted molar refractivity (Wildman–Crippen MR) is 94.4 cm³/mol. The number of aromatic hydroxyl groups is 2. The first kappa shape index (κ1) is 18.2. The van der Waals surface area contributed by atoms with Crippen molar-refractivity contribution in [2.24, 2.45) is 10.2 Å². The number of phenolic OH excluding ortho intramolecular Hbond substituents is 2. The molecule has 3 aromatic rings. The van der Waals surface area contributed by atoms with Gasteiger partial charge in [0.15, 0.2) is 5.75 Å². The quantitative estimate of drug-likeness (QED) is 0.264. The highest BCUT2D eigenvalue weighted by atomic mass is 32.2. The monoisotopic (exact) mass is 389 g/mol. The van der Waals surface area contributed by atoms with E-state index < -0.39 is 25.7 Å². The molecule has 3 aromatic carbocycles. The van der Waals surface area contributed by atoms with E-state index in [0.29, 0.717) is 0 Å². The maximum Gasteiger partial charge on any atom is 0.295 e. The van der Waals surface area contributed by atoms with Crippen molar-refractivity contribution < 1.29 is 28.1 Å². The Morgan fingerprint density at radius 1 is 0.926 bits per heavy atom. The third-order valence-electron chi connectivity index (χ3n) is 3.67. The summed E-state index contributed by atoms with van der Waals surface area (Å²) in [5.74, 6) is -0.911. The van der Waals surface area contributed by atoms with Gasteiger partial charge in [-0.2, -0.15) is 8.42 Å². The Morgan fingerprint density at radius 2 is 1.56 bits per heavy atom. The molecule has 0 bridgehead atoms. The first-order chi connectivity index (χ1) is 12.7. The molecule has 10 nitrogen and oxygen atoms in total. The summed E-state index contributed by atoms with van der Waals surface area (Å²) >= 11 is 0. The van der Waals surface area contributed by atoms with Crippen LogP contribution in [0.25, 0.3) is 10.8 Å². The molecular weight excluding hydrogens is 378 g/mol. The van der Waals surface area contributed by atoms with E-state index in [1.54, 1.807) is 6.07 Å². The molecule has 0 saturated heterocycles. The zero-order valence-electron chi connectivity index (χ0n) is 13.3. The molecule has 0 aliphatic carbocycles. The van der Waals surface area contributed by atoms with Gasteiger partial charge in [-0.3, -0.25) is 14.7 Å². The summed E-state index contributed by atoms with van der Waals surface area (Å²) in [4.78, 5) is 9.50. The van der Waals surface area contributed by atoms with Crippen LogP contribution in [-0.4, -0.2) is 28.1 Å². The van der Waals surface area contributed by atoms with E-state index in [0.717, 1.165) is 24.3 Å². The van der Waals surface area contributed by atoms with Gasteiger partial charge in [0.25, 0.3) is 15.8 Å². The molecule has 0 atom stereocenters. The summed E-state index contributed by atoms with van der Waals surface area (Å²) in [6, 6.07) is 9.96. The topological polar surface area (TPSA) is 163 Å². The second kappa shape index (κ2) is 6.63. The fraction of sp³-hybridized carbons (Fsp3) is 0. The van der Waals surface area contributed by atoms with Crippen molar-refractivity contribution in [2.75, 3.05) is 0 Å². The average Bonchev–Trinajstić information content (AvgIpc) is 2.61. The van der Waals surface area contributed by atoms with Crippen LogP contribution in [0.3, 0.4) is 0 Å². The third-order valence-corrected chi connectivity index (χ3v) is 4.56. The normalized spacial score (nSPS) is 11.9. The van der Waals surface area contributed by atoms with Gasteiger partial charge in [0, 0.05) is 16.8 Å². The molecule has 0 radical (unpaired) electrons. The highest BCUT2D eigenvalue weighted by Crippen LogP contribution is 2.40. The number of nitrogens with zero attached hydrogens (tertiary/aromatic N) is 3. The highest BCUT2D eigenvalue weighted by Gasteiger charge is 2.19. The number of hydrogen-bond donors (Lipinski definition) is 3. The number of nitro groups is 1. The van der Waals surface area contributed by atoms with Crippen LogP contribution in [0.5, 0.6) is 11.5 Å². The van der Waals surface area contributed by atoms with Gasteiger partial charge in [0.2, 0.25) is 0 Å². The van der Waals surface area contributed by atoms with Crippen LogP contribution >= 0.6 is 0 Å². The molecular formula is C16H11N3O7S. The fourth-order valence-corrected chi connectivity index (χ4v) is 3.14. The van der Waals surface area contributed by atoms with Crippen molar-refractivity contribution in [2.45, 2.75) is 4.90 Å². The van der Waals surface area contributed by atoms with Gasteiger partial charge in [-0.25, -0.2) is 0 Å². The molecule has 138 valence electrons. The minimum absolute atomic E-state index is 0.0923. The van der Waals surface area contributed by atoms with Crippen LogP contribution < -0.4 is 0 Å². The number of fused-ring (bicyclic) bond motifs is 1. The average molecular weight is 389 g/mol. The van der Waals surface area contributed by atoms with Gasteiger partial charge in [-0.05, 0) is 12.1 Å². The molecule has 0 fully saturated rings. The Labute approximate surface area is 151 Å². The summed E-state index contributed by atoms with van der Waals surface area (Å²) in [5.41, 5.74) is -0.769. The van der Waals surface area contributed by atoms with Gasteiger partial charge in [-0.15, -0.1) is 10.2 Å². The zero-order chi connectivity index (χ0) is 19.8. The standard InChI is InChI=1S/C16H11N3O7S/c20-14-7-9(19(22)23)5-6-12(14)17-18-13-8-15(27(24,25)26)10-3-1-2-4-11(10)16(13)21/h1-8,20-21H,(H,24,25,26). The molecule has 0 aromatic heterocycles. The number of hydrogen-bond acceptors (Lipinski definition) is 8. The molecule has 0 heterocycles. The van der Waals surface area contributed by atoms with E-state index in [4.69, 9.17) is 0 Å². The van der Waals surface area contributed by atoms with Gasteiger partial charge in [0.05, 0.1) is 11.0 Å². The van der Waals surface area contributed by atoms with E-state index in [1.165, 1.54) is 18.2 Å². The maximum absolute atomic E-state index is 11.6. The number of non-ortho nitro benzene ring substituents is 1. The van der Waals surface area contributed by atoms with Crippen LogP contribution in [0.15, 0.2) is 63.7 Å². The highest BCUT2D eigenvalue weighted by molar-refractivity contribution is 7.86. The number of azo groups is 1. The number of nitro benzene ring substituents is 1. The van der Waals surface area contributed by atoms with E-state index in [-0.39, 0.29) is 33.6 Å². The molecule has 27 heavy (non-hydrogen) atoms. The Bertz CT molecular complexity index is 1210. The summed E-state index contributed by atoms with van der Waals surface area (Å²) in [6.07, 6.45) is 0. The van der Waals surface area contributed by atoms with Crippen LogP contribution in [0.2, 0.25) is 0 Å². The SMILES string of the molecule is O=[N+]([O-])c1ccc(N=Nc2cc(S(=O)(=O)O)c3ccccc3c2O)c(O)c1. The smallest absolute Gasteiger partial charge is 0.295 e. The Balaban J connectivity index is 2.14. The lowest BCUT2D eigenvalue weighted by Crippen LogP contribution is -1.99. The Morgan fingerprint density at radius 3 is 2.15 bits per heavy atom. The maximum atomic E-state index is 11.6. The van der Waals surface area contributed by atoms with Gasteiger partial charge in [0.1, 0.15) is 22.0 Å². The molecule has 11 heteroatoms. The van der Waals surface area contributed by atoms with Gasteiger partial charge >= 0.3 is 0 Å².